The van der Waals surface area contributed by atoms with Gasteiger partial charge in [-0.05, 0) is 35.9 Å². The van der Waals surface area contributed by atoms with E-state index in [1.165, 1.54) is 30.3 Å². The van der Waals surface area contributed by atoms with Crippen LogP contribution >= 0.6 is 11.9 Å². The van der Waals surface area contributed by atoms with E-state index in [-0.39, 0.29) is 5.56 Å². The molecule has 4 rings (SSSR count). The number of hydrogen-bond donors (Lipinski definition) is 2. The van der Waals surface area contributed by atoms with E-state index in [9.17, 15) is 8.78 Å². The van der Waals surface area contributed by atoms with Crippen LogP contribution in [0.2, 0.25) is 0 Å². The summed E-state index contributed by atoms with van der Waals surface area (Å²) >= 11 is 1.35. The molecule has 9 heteroatoms. The first-order chi connectivity index (χ1) is 15.5. The predicted octanol–water partition coefficient (Wildman–Crippen LogP) is 4.86. The predicted molar refractivity (Wildman–Crippen MR) is 124 cm³/mol. The van der Waals surface area contributed by atoms with Gasteiger partial charge in [-0.1, -0.05) is 18.0 Å². The summed E-state index contributed by atoms with van der Waals surface area (Å²) in [7, 11) is 1.85. The molecule has 0 aliphatic heterocycles. The van der Waals surface area contributed by atoms with Crippen LogP contribution in [0, 0.1) is 11.6 Å². The molecule has 0 unspecified atom stereocenters. The molecule has 0 fully saturated rings. The molecule has 0 aliphatic rings. The van der Waals surface area contributed by atoms with Gasteiger partial charge < -0.3 is 10.5 Å². The minimum Gasteiger partial charge on any atom is -0.404 e. The maximum Gasteiger partial charge on any atom is 0.137 e. The molecule has 3 heterocycles. The first-order valence-corrected chi connectivity index (χ1v) is 10.8. The highest BCUT2D eigenvalue weighted by Crippen LogP contribution is 2.31. The molecule has 0 atom stereocenters. The van der Waals surface area contributed by atoms with Crippen molar-refractivity contribution in [2.24, 2.45) is 12.8 Å². The minimum atomic E-state index is -0.658. The molecule has 0 bridgehead atoms. The summed E-state index contributed by atoms with van der Waals surface area (Å²) in [5.74, 6) is -0.780. The van der Waals surface area contributed by atoms with E-state index in [1.807, 2.05) is 31.6 Å². The minimum absolute atomic E-state index is 0.260. The Morgan fingerprint density at radius 1 is 1.03 bits per heavy atom. The Kier molecular flexibility index (Phi) is 6.18. The molecule has 162 valence electrons. The summed E-state index contributed by atoms with van der Waals surface area (Å²) in [6.07, 6.45) is 8.67. The highest BCUT2D eigenvalue weighted by Gasteiger charge is 2.15. The van der Waals surface area contributed by atoms with Gasteiger partial charge in [0.25, 0.3) is 0 Å². The van der Waals surface area contributed by atoms with E-state index >= 15 is 0 Å². The second kappa shape index (κ2) is 9.19. The fourth-order valence-electron chi connectivity index (χ4n) is 3.30. The Balaban J connectivity index is 1.75. The van der Waals surface area contributed by atoms with Crippen LogP contribution < -0.4 is 10.5 Å². The van der Waals surface area contributed by atoms with Gasteiger partial charge in [-0.15, -0.1) is 0 Å². The third kappa shape index (κ3) is 4.47. The molecule has 0 spiro atoms. The quantitative estimate of drug-likeness (QED) is 0.408. The maximum atomic E-state index is 14.5. The van der Waals surface area contributed by atoms with Crippen LogP contribution in [0.5, 0.6) is 0 Å². The van der Waals surface area contributed by atoms with Crippen molar-refractivity contribution in [3.05, 3.63) is 90.3 Å². The second-order valence-electron chi connectivity index (χ2n) is 6.97. The SMILES string of the molecule is CSNc1cc(-c2ccc(F)cc2F)cc(C(=CN)c2ccc(-c3cnn(C)c3)cn2)n1. The van der Waals surface area contributed by atoms with Gasteiger partial charge in [0.15, 0.2) is 0 Å². The van der Waals surface area contributed by atoms with Gasteiger partial charge in [0.2, 0.25) is 0 Å². The van der Waals surface area contributed by atoms with Crippen molar-refractivity contribution >= 4 is 23.3 Å². The van der Waals surface area contributed by atoms with Crippen molar-refractivity contribution in [1.82, 2.24) is 19.7 Å². The van der Waals surface area contributed by atoms with Gasteiger partial charge in [0.05, 0.1) is 17.6 Å². The Morgan fingerprint density at radius 3 is 2.50 bits per heavy atom. The molecular formula is C23H20F2N6S. The molecule has 3 N–H and O–H groups in total. The third-order valence-electron chi connectivity index (χ3n) is 4.79. The molecule has 3 aromatic heterocycles. The van der Waals surface area contributed by atoms with Crippen LogP contribution in [-0.2, 0) is 7.05 Å². The van der Waals surface area contributed by atoms with Crippen molar-refractivity contribution in [3.8, 4) is 22.3 Å². The number of anilines is 1. The van der Waals surface area contributed by atoms with Crippen molar-refractivity contribution < 1.29 is 8.78 Å². The number of aromatic nitrogens is 4. The monoisotopic (exact) mass is 450 g/mol. The lowest BCUT2D eigenvalue weighted by Crippen LogP contribution is -2.01. The second-order valence-corrected chi connectivity index (χ2v) is 7.58. The van der Waals surface area contributed by atoms with Crippen molar-refractivity contribution in [1.29, 1.82) is 0 Å². The fourth-order valence-corrected chi connectivity index (χ4v) is 3.61. The van der Waals surface area contributed by atoms with Crippen LogP contribution in [0.4, 0.5) is 14.6 Å². The lowest BCUT2D eigenvalue weighted by atomic mass is 10.0. The van der Waals surface area contributed by atoms with Crippen LogP contribution in [0.3, 0.4) is 0 Å². The zero-order valence-electron chi connectivity index (χ0n) is 17.4. The van der Waals surface area contributed by atoms with Gasteiger partial charge in [-0.3, -0.25) is 9.67 Å². The number of halogens is 2. The summed E-state index contributed by atoms with van der Waals surface area (Å²) in [6, 6.07) is 10.6. The number of pyridine rings is 2. The van der Waals surface area contributed by atoms with E-state index in [2.05, 4.69) is 19.8 Å². The molecule has 0 amide bonds. The number of nitrogens with one attached hydrogen (secondary N) is 1. The van der Waals surface area contributed by atoms with Crippen molar-refractivity contribution in [2.45, 2.75) is 0 Å². The normalized spacial score (nSPS) is 11.6. The summed E-state index contributed by atoms with van der Waals surface area (Å²) in [4.78, 5) is 9.14. The van der Waals surface area contributed by atoms with E-state index in [0.717, 1.165) is 17.2 Å². The van der Waals surface area contributed by atoms with E-state index < -0.39 is 11.6 Å². The van der Waals surface area contributed by atoms with Gasteiger partial charge in [-0.25, -0.2) is 13.8 Å². The third-order valence-corrected chi connectivity index (χ3v) is 5.21. The Labute approximate surface area is 188 Å². The number of nitrogens with two attached hydrogens (primary N) is 1. The molecule has 32 heavy (non-hydrogen) atoms. The molecular weight excluding hydrogens is 430 g/mol. The van der Waals surface area contributed by atoms with Gasteiger partial charge in [-0.2, -0.15) is 5.10 Å². The van der Waals surface area contributed by atoms with E-state index in [1.54, 1.807) is 29.2 Å². The van der Waals surface area contributed by atoms with Crippen LogP contribution in [0.25, 0.3) is 27.8 Å². The van der Waals surface area contributed by atoms with Crippen LogP contribution in [0.15, 0.2) is 67.3 Å². The maximum absolute atomic E-state index is 14.5. The smallest absolute Gasteiger partial charge is 0.137 e. The average Bonchev–Trinajstić information content (AvgIpc) is 3.21. The lowest BCUT2D eigenvalue weighted by Gasteiger charge is -2.13. The number of benzene rings is 1. The fraction of sp³-hybridized carbons (Fsp3) is 0.0870. The summed E-state index contributed by atoms with van der Waals surface area (Å²) in [5, 5.41) is 4.18. The zero-order chi connectivity index (χ0) is 22.7. The Morgan fingerprint density at radius 2 is 1.88 bits per heavy atom. The van der Waals surface area contributed by atoms with E-state index in [4.69, 9.17) is 5.73 Å². The Hall–Kier alpha value is -3.72. The molecule has 0 saturated carbocycles. The molecule has 1 aromatic carbocycles. The van der Waals surface area contributed by atoms with Gasteiger partial charge in [0.1, 0.15) is 17.5 Å². The summed E-state index contributed by atoms with van der Waals surface area (Å²) in [6.45, 7) is 0. The number of aryl methyl sites for hydroxylation is 1. The zero-order valence-corrected chi connectivity index (χ0v) is 18.2. The standard InChI is InChI=1S/C23H20F2N6S/c1-31-13-16(12-28-31)14-3-6-21(27-11-14)19(10-26)22-7-15(8-23(29-22)30-32-2)18-5-4-17(24)9-20(18)25/h3-13H,26H2,1-2H3,(H,29,30). The Bertz CT molecular complexity index is 1280. The number of nitrogens with zero attached hydrogens (tertiary/aromatic N) is 4. The van der Waals surface area contributed by atoms with Crippen LogP contribution in [0.1, 0.15) is 11.4 Å². The highest BCUT2D eigenvalue weighted by molar-refractivity contribution is 7.99. The highest BCUT2D eigenvalue weighted by atomic mass is 32.2. The molecule has 4 aromatic rings. The van der Waals surface area contributed by atoms with E-state index in [0.29, 0.717) is 28.3 Å². The van der Waals surface area contributed by atoms with Gasteiger partial charge >= 0.3 is 0 Å². The first-order valence-electron chi connectivity index (χ1n) is 9.62. The molecule has 0 aliphatic carbocycles. The summed E-state index contributed by atoms with van der Waals surface area (Å²) in [5.41, 5.74) is 10.3. The average molecular weight is 451 g/mol. The number of hydrogen-bond acceptors (Lipinski definition) is 6. The van der Waals surface area contributed by atoms with Crippen LogP contribution in [-0.4, -0.2) is 26.0 Å². The van der Waals surface area contributed by atoms with Gasteiger partial charge in [0, 0.05) is 60.2 Å². The summed E-state index contributed by atoms with van der Waals surface area (Å²) < 4.78 is 32.6. The largest absolute Gasteiger partial charge is 0.404 e. The topological polar surface area (TPSA) is 81.6 Å². The first kappa shape index (κ1) is 21.5. The molecule has 0 radical (unpaired) electrons. The van der Waals surface area contributed by atoms with Crippen molar-refractivity contribution in [2.75, 3.05) is 11.0 Å². The van der Waals surface area contributed by atoms with Crippen molar-refractivity contribution in [3.63, 3.8) is 0 Å². The number of rotatable bonds is 6. The molecule has 6 nitrogen and oxygen atoms in total. The molecule has 0 saturated heterocycles. The lowest BCUT2D eigenvalue weighted by molar-refractivity contribution is 0.585.